The van der Waals surface area contributed by atoms with Gasteiger partial charge in [-0.3, -0.25) is 4.98 Å². The third-order valence-electron chi connectivity index (χ3n) is 4.28. The van der Waals surface area contributed by atoms with Gasteiger partial charge in [-0.05, 0) is 24.1 Å². The van der Waals surface area contributed by atoms with E-state index in [0.29, 0.717) is 0 Å². The molecule has 0 spiro atoms. The average molecular weight is 394 g/mol. The third-order valence-corrected chi connectivity index (χ3v) is 6.28. The summed E-state index contributed by atoms with van der Waals surface area (Å²) in [5.41, 5.74) is 4.59. The molecular formula is C20H19N5S2. The van der Waals surface area contributed by atoms with E-state index >= 15 is 0 Å². The van der Waals surface area contributed by atoms with E-state index in [-0.39, 0.29) is 0 Å². The van der Waals surface area contributed by atoms with Gasteiger partial charge in [0.25, 0.3) is 0 Å². The summed E-state index contributed by atoms with van der Waals surface area (Å²) in [6.45, 7) is 2.17. The van der Waals surface area contributed by atoms with Gasteiger partial charge < -0.3 is 4.57 Å². The molecule has 5 nitrogen and oxygen atoms in total. The van der Waals surface area contributed by atoms with Crippen molar-refractivity contribution in [1.29, 1.82) is 0 Å². The van der Waals surface area contributed by atoms with Crippen LogP contribution in [0.25, 0.3) is 22.0 Å². The first-order valence-corrected chi connectivity index (χ1v) is 10.6. The van der Waals surface area contributed by atoms with Crippen molar-refractivity contribution in [2.24, 2.45) is 7.05 Å². The number of hydrogen-bond acceptors (Lipinski definition) is 6. The third kappa shape index (κ3) is 3.94. The fraction of sp³-hybridized carbons (Fsp3) is 0.200. The summed E-state index contributed by atoms with van der Waals surface area (Å²) in [7, 11) is 1.99. The molecule has 0 atom stereocenters. The summed E-state index contributed by atoms with van der Waals surface area (Å²) in [6, 6.07) is 12.5. The first-order chi connectivity index (χ1) is 13.2. The number of hydrogen-bond donors (Lipinski definition) is 0. The highest BCUT2D eigenvalue weighted by molar-refractivity contribution is 7.98. The highest BCUT2D eigenvalue weighted by Gasteiger charge is 2.12. The van der Waals surface area contributed by atoms with E-state index < -0.39 is 0 Å². The molecule has 136 valence electrons. The zero-order valence-electron chi connectivity index (χ0n) is 15.2. The van der Waals surface area contributed by atoms with Crippen molar-refractivity contribution in [3.8, 4) is 22.0 Å². The number of aryl methyl sites for hydroxylation is 1. The molecule has 4 aromatic rings. The van der Waals surface area contributed by atoms with Crippen LogP contribution in [0.15, 0.2) is 59.3 Å². The number of rotatable bonds is 6. The molecule has 7 heteroatoms. The first kappa shape index (κ1) is 17.9. The summed E-state index contributed by atoms with van der Waals surface area (Å²) in [5, 5.41) is 12.7. The van der Waals surface area contributed by atoms with Crippen LogP contribution in [-0.2, 0) is 19.2 Å². The second-order valence-corrected chi connectivity index (χ2v) is 7.88. The molecule has 27 heavy (non-hydrogen) atoms. The van der Waals surface area contributed by atoms with E-state index in [0.717, 1.165) is 39.4 Å². The lowest BCUT2D eigenvalue weighted by Gasteiger charge is -2.02. The van der Waals surface area contributed by atoms with Gasteiger partial charge in [-0.1, -0.05) is 43.0 Å². The Bertz CT molecular complexity index is 1020. The predicted molar refractivity (Wildman–Crippen MR) is 111 cm³/mol. The van der Waals surface area contributed by atoms with Crippen molar-refractivity contribution in [1.82, 2.24) is 24.7 Å². The van der Waals surface area contributed by atoms with Crippen LogP contribution in [0.1, 0.15) is 18.2 Å². The van der Waals surface area contributed by atoms with Gasteiger partial charge in [-0.15, -0.1) is 21.5 Å². The summed E-state index contributed by atoms with van der Waals surface area (Å²) in [6.07, 6.45) is 4.58. The maximum absolute atomic E-state index is 4.78. The second-order valence-electron chi connectivity index (χ2n) is 6.08. The van der Waals surface area contributed by atoms with Crippen LogP contribution in [0.4, 0.5) is 0 Å². The van der Waals surface area contributed by atoms with Crippen LogP contribution < -0.4 is 0 Å². The number of pyridine rings is 1. The molecule has 0 fully saturated rings. The van der Waals surface area contributed by atoms with Crippen LogP contribution in [0.2, 0.25) is 0 Å². The highest BCUT2D eigenvalue weighted by Crippen LogP contribution is 2.28. The minimum atomic E-state index is 0.770. The molecule has 3 heterocycles. The van der Waals surface area contributed by atoms with E-state index in [2.05, 4.69) is 51.8 Å². The molecule has 0 bridgehead atoms. The summed E-state index contributed by atoms with van der Waals surface area (Å²) >= 11 is 3.33. The quantitative estimate of drug-likeness (QED) is 0.438. The smallest absolute Gasteiger partial charge is 0.191 e. The molecule has 0 aliphatic carbocycles. The second kappa shape index (κ2) is 8.02. The largest absolute Gasteiger partial charge is 0.305 e. The fourth-order valence-corrected chi connectivity index (χ4v) is 4.46. The molecule has 0 aliphatic rings. The van der Waals surface area contributed by atoms with Gasteiger partial charge in [-0.25, -0.2) is 4.98 Å². The molecular weight excluding hydrogens is 374 g/mol. The molecule has 0 unspecified atom stereocenters. The minimum Gasteiger partial charge on any atom is -0.305 e. The van der Waals surface area contributed by atoms with Crippen LogP contribution in [0, 0.1) is 0 Å². The number of nitrogens with zero attached hydrogens (tertiary/aromatic N) is 5. The normalized spacial score (nSPS) is 11.0. The molecule has 1 aromatic carbocycles. The first-order valence-electron chi connectivity index (χ1n) is 8.71. The molecule has 0 amide bonds. The maximum Gasteiger partial charge on any atom is 0.191 e. The Morgan fingerprint density at radius 1 is 1.00 bits per heavy atom. The lowest BCUT2D eigenvalue weighted by Crippen LogP contribution is -1.95. The van der Waals surface area contributed by atoms with E-state index in [1.165, 1.54) is 11.1 Å². The highest BCUT2D eigenvalue weighted by atomic mass is 32.2. The molecule has 0 saturated carbocycles. The molecule has 0 N–H and O–H groups in total. The summed E-state index contributed by atoms with van der Waals surface area (Å²) in [5.74, 6) is 1.61. The number of benzene rings is 1. The topological polar surface area (TPSA) is 56.5 Å². The summed E-state index contributed by atoms with van der Waals surface area (Å²) in [4.78, 5) is 8.83. The van der Waals surface area contributed by atoms with Crippen molar-refractivity contribution >= 4 is 23.1 Å². The van der Waals surface area contributed by atoms with Gasteiger partial charge in [0, 0.05) is 41.7 Å². The number of thiazole rings is 1. The minimum absolute atomic E-state index is 0.770. The standard InChI is InChI=1S/C20H19N5S2/c1-3-14-4-6-16(7-5-14)19-22-17(12-26-19)13-27-20-24-23-18(25(20)2)15-8-10-21-11-9-15/h4-12H,3,13H2,1-2H3. The Labute approximate surface area is 166 Å². The fourth-order valence-electron chi connectivity index (χ4n) is 2.72. The van der Waals surface area contributed by atoms with Crippen LogP contribution in [0.3, 0.4) is 0 Å². The maximum atomic E-state index is 4.78. The molecule has 4 rings (SSSR count). The van der Waals surface area contributed by atoms with E-state index in [1.807, 2.05) is 23.7 Å². The van der Waals surface area contributed by atoms with Crippen molar-refractivity contribution in [2.45, 2.75) is 24.3 Å². The Hall–Kier alpha value is -2.51. The van der Waals surface area contributed by atoms with Crippen molar-refractivity contribution in [3.05, 3.63) is 65.4 Å². The molecule has 0 saturated heterocycles. The van der Waals surface area contributed by atoms with Crippen LogP contribution >= 0.6 is 23.1 Å². The number of aromatic nitrogens is 5. The van der Waals surface area contributed by atoms with Crippen LogP contribution in [-0.4, -0.2) is 24.7 Å². The molecule has 0 aliphatic heterocycles. The zero-order chi connectivity index (χ0) is 18.6. The van der Waals surface area contributed by atoms with Crippen molar-refractivity contribution < 1.29 is 0 Å². The monoisotopic (exact) mass is 393 g/mol. The van der Waals surface area contributed by atoms with Crippen molar-refractivity contribution in [2.75, 3.05) is 0 Å². The van der Waals surface area contributed by atoms with E-state index in [1.54, 1.807) is 35.5 Å². The van der Waals surface area contributed by atoms with Gasteiger partial charge >= 0.3 is 0 Å². The average Bonchev–Trinajstić information content (AvgIpc) is 3.34. The van der Waals surface area contributed by atoms with Crippen LogP contribution in [0.5, 0.6) is 0 Å². The van der Waals surface area contributed by atoms with Gasteiger partial charge in [0.05, 0.1) is 5.69 Å². The molecule has 0 radical (unpaired) electrons. The lowest BCUT2D eigenvalue weighted by atomic mass is 10.1. The number of thioether (sulfide) groups is 1. The van der Waals surface area contributed by atoms with Gasteiger partial charge in [-0.2, -0.15) is 0 Å². The van der Waals surface area contributed by atoms with Gasteiger partial charge in [0.15, 0.2) is 11.0 Å². The Kier molecular flexibility index (Phi) is 5.31. The van der Waals surface area contributed by atoms with Crippen molar-refractivity contribution in [3.63, 3.8) is 0 Å². The SMILES string of the molecule is CCc1ccc(-c2nc(CSc3nnc(-c4ccncc4)n3C)cs2)cc1. The Morgan fingerprint density at radius 3 is 2.52 bits per heavy atom. The lowest BCUT2D eigenvalue weighted by molar-refractivity contribution is 0.793. The zero-order valence-corrected chi connectivity index (χ0v) is 16.8. The Morgan fingerprint density at radius 2 is 1.78 bits per heavy atom. The Balaban J connectivity index is 1.45. The van der Waals surface area contributed by atoms with E-state index in [9.17, 15) is 0 Å². The molecule has 3 aromatic heterocycles. The predicted octanol–water partition coefficient (Wildman–Crippen LogP) is 4.86. The van der Waals surface area contributed by atoms with E-state index in [4.69, 9.17) is 4.98 Å². The van der Waals surface area contributed by atoms with Gasteiger partial charge in [0.1, 0.15) is 5.01 Å². The summed E-state index contributed by atoms with van der Waals surface area (Å²) < 4.78 is 2.01. The van der Waals surface area contributed by atoms with Gasteiger partial charge in [0.2, 0.25) is 0 Å².